The van der Waals surface area contributed by atoms with E-state index in [1.54, 1.807) is 0 Å². The average molecular weight is 646 g/mol. The van der Waals surface area contributed by atoms with Gasteiger partial charge in [-0.25, -0.2) is 19.1 Å². The van der Waals surface area contributed by atoms with Gasteiger partial charge in [0.2, 0.25) is 11.6 Å². The van der Waals surface area contributed by atoms with Crippen LogP contribution in [0.2, 0.25) is 0 Å². The number of imide groups is 1. The Balaban J connectivity index is 1.63. The predicted octanol–water partition coefficient (Wildman–Crippen LogP) is 7.51. The third-order valence-corrected chi connectivity index (χ3v) is 7.84. The number of amides is 3. The first-order valence-corrected chi connectivity index (χ1v) is 17.3. The molecule has 11 heteroatoms. The van der Waals surface area contributed by atoms with Crippen LogP contribution in [0, 0.1) is 0 Å². The van der Waals surface area contributed by atoms with Gasteiger partial charge in [-0.05, 0) is 18.5 Å². The van der Waals surface area contributed by atoms with E-state index in [4.69, 9.17) is 18.7 Å². The Bertz CT molecular complexity index is 1100. The van der Waals surface area contributed by atoms with Crippen molar-refractivity contribution in [3.63, 3.8) is 0 Å². The first kappa shape index (κ1) is 38.6. The topological polar surface area (TPSA) is 124 Å². The molecule has 46 heavy (non-hydrogen) atoms. The van der Waals surface area contributed by atoms with Gasteiger partial charge in [-0.2, -0.15) is 0 Å². The third-order valence-electron chi connectivity index (χ3n) is 7.84. The second-order valence-electron chi connectivity index (χ2n) is 11.7. The van der Waals surface area contributed by atoms with Crippen molar-refractivity contribution in [3.8, 4) is 5.88 Å². The molecular formula is C35H57N4O7+. The number of nitrogens with one attached hydrogen (secondary N) is 1. The summed E-state index contributed by atoms with van der Waals surface area (Å²) < 4.78 is 23.2. The van der Waals surface area contributed by atoms with E-state index in [2.05, 4.69) is 17.4 Å². The monoisotopic (exact) mass is 645 g/mol. The van der Waals surface area contributed by atoms with Gasteiger partial charge in [-0.3, -0.25) is 4.79 Å². The number of unbranched alkanes of at least 4 members (excludes halogenated alkanes) is 14. The van der Waals surface area contributed by atoms with E-state index < -0.39 is 24.2 Å². The Kier molecular flexibility index (Phi) is 20.6. The average Bonchev–Trinajstić information content (AvgIpc) is 3.57. The predicted molar refractivity (Wildman–Crippen MR) is 175 cm³/mol. The lowest BCUT2D eigenvalue weighted by Gasteiger charge is -2.21. The lowest BCUT2D eigenvalue weighted by atomic mass is 10.0. The molecule has 0 bridgehead atoms. The van der Waals surface area contributed by atoms with Crippen molar-refractivity contribution < 1.29 is 37.7 Å². The zero-order chi connectivity index (χ0) is 33.2. The van der Waals surface area contributed by atoms with E-state index >= 15 is 0 Å². The Morgan fingerprint density at radius 1 is 0.848 bits per heavy atom. The molecule has 2 rings (SSSR count). The van der Waals surface area contributed by atoms with E-state index in [9.17, 15) is 14.4 Å². The highest BCUT2D eigenvalue weighted by Gasteiger charge is 2.26. The molecule has 0 aliphatic rings. The van der Waals surface area contributed by atoms with Crippen LogP contribution in [0.1, 0.15) is 123 Å². The van der Waals surface area contributed by atoms with Crippen LogP contribution in [-0.2, 0) is 27.4 Å². The largest absolute Gasteiger partial charge is 0.465 e. The van der Waals surface area contributed by atoms with Crippen LogP contribution in [0.15, 0.2) is 41.2 Å². The minimum Gasteiger partial charge on any atom is -0.465 e. The smallest absolute Gasteiger partial charge is 0.417 e. The molecule has 2 aromatic rings. The summed E-state index contributed by atoms with van der Waals surface area (Å²) in [7, 11) is 0. The van der Waals surface area contributed by atoms with Gasteiger partial charge in [0.15, 0.2) is 12.3 Å². The van der Waals surface area contributed by atoms with E-state index in [-0.39, 0.29) is 25.6 Å². The number of carbonyl (C=O) groups is 3. The number of alkyl carbamates (subject to hydrolysis) is 1. The number of hydrogen-bond acceptors (Lipinski definition) is 8. The molecule has 0 aliphatic carbocycles. The second kappa shape index (κ2) is 24.6. The third kappa shape index (κ3) is 17.2. The lowest BCUT2D eigenvalue weighted by molar-refractivity contribution is -0.701. The van der Waals surface area contributed by atoms with Crippen molar-refractivity contribution in [3.05, 3.63) is 42.4 Å². The van der Waals surface area contributed by atoms with Crippen LogP contribution in [0.3, 0.4) is 0 Å². The van der Waals surface area contributed by atoms with Gasteiger partial charge in [0.25, 0.3) is 5.88 Å². The molecular weight excluding hydrogens is 588 g/mol. The number of pyridine rings is 1. The SMILES string of the molecule is CCCCCCCCCCCCCCCCCNC(=O)OC[C@H](COC(=O)N(Cc1cccc[n+]1CC)C(C)=O)Oc1ccon1. The fraction of sp³-hybridized carbons (Fsp3) is 0.686. The number of rotatable bonds is 25. The van der Waals surface area contributed by atoms with E-state index in [0.717, 1.165) is 29.9 Å². The van der Waals surface area contributed by atoms with Crippen LogP contribution >= 0.6 is 0 Å². The number of aromatic nitrogens is 2. The Morgan fingerprint density at radius 3 is 2.02 bits per heavy atom. The lowest BCUT2D eigenvalue weighted by Crippen LogP contribution is -2.44. The molecule has 0 aromatic carbocycles. The van der Waals surface area contributed by atoms with Crippen molar-refractivity contribution in [2.24, 2.45) is 0 Å². The van der Waals surface area contributed by atoms with Crippen LogP contribution in [-0.4, -0.2) is 54.0 Å². The highest BCUT2D eigenvalue weighted by atomic mass is 16.6. The first-order valence-electron chi connectivity index (χ1n) is 17.3. The van der Waals surface area contributed by atoms with Crippen LogP contribution < -0.4 is 14.6 Å². The minimum atomic E-state index is -0.864. The van der Waals surface area contributed by atoms with Crippen molar-refractivity contribution >= 4 is 18.1 Å². The number of hydrogen-bond donors (Lipinski definition) is 1. The van der Waals surface area contributed by atoms with E-state index in [1.807, 2.05) is 35.9 Å². The summed E-state index contributed by atoms with van der Waals surface area (Å²) in [5, 5.41) is 6.48. The van der Waals surface area contributed by atoms with Crippen molar-refractivity contribution in [1.29, 1.82) is 0 Å². The van der Waals surface area contributed by atoms with Gasteiger partial charge in [-0.15, -0.1) is 0 Å². The van der Waals surface area contributed by atoms with Gasteiger partial charge < -0.3 is 24.1 Å². The molecule has 0 unspecified atom stereocenters. The Morgan fingerprint density at radius 2 is 1.46 bits per heavy atom. The summed E-state index contributed by atoms with van der Waals surface area (Å²) in [5.41, 5.74) is 0.779. The number of aryl methyl sites for hydroxylation is 1. The zero-order valence-corrected chi connectivity index (χ0v) is 28.4. The molecule has 0 spiro atoms. The molecule has 0 saturated carbocycles. The van der Waals surface area contributed by atoms with Crippen molar-refractivity contribution in [2.45, 2.75) is 136 Å². The van der Waals surface area contributed by atoms with Gasteiger partial charge >= 0.3 is 12.2 Å². The molecule has 1 N–H and O–H groups in total. The number of carbonyl (C=O) groups excluding carboxylic acids is 3. The molecule has 11 nitrogen and oxygen atoms in total. The van der Waals surface area contributed by atoms with E-state index in [0.29, 0.717) is 13.1 Å². The zero-order valence-electron chi connectivity index (χ0n) is 28.4. The second-order valence-corrected chi connectivity index (χ2v) is 11.7. The maximum atomic E-state index is 12.9. The molecule has 0 saturated heterocycles. The Hall–Kier alpha value is -3.63. The maximum Gasteiger partial charge on any atom is 0.417 e. The molecule has 0 aliphatic heterocycles. The summed E-state index contributed by atoms with van der Waals surface area (Å²) >= 11 is 0. The van der Waals surface area contributed by atoms with Gasteiger partial charge in [0.1, 0.15) is 32.6 Å². The van der Waals surface area contributed by atoms with Crippen molar-refractivity contribution in [2.75, 3.05) is 19.8 Å². The van der Waals surface area contributed by atoms with Gasteiger partial charge in [0.05, 0.1) is 0 Å². The maximum absolute atomic E-state index is 12.9. The summed E-state index contributed by atoms with van der Waals surface area (Å²) in [4.78, 5) is 38.5. The van der Waals surface area contributed by atoms with Crippen LogP contribution in [0.25, 0.3) is 0 Å². The van der Waals surface area contributed by atoms with E-state index in [1.165, 1.54) is 96.3 Å². The molecule has 1 atom stereocenters. The molecule has 258 valence electrons. The summed E-state index contributed by atoms with van der Waals surface area (Å²) in [6, 6.07) is 7.06. The Labute approximate surface area is 275 Å². The van der Waals surface area contributed by atoms with Gasteiger partial charge in [-0.1, -0.05) is 103 Å². The van der Waals surface area contributed by atoms with Crippen LogP contribution in [0.4, 0.5) is 9.59 Å². The highest BCUT2D eigenvalue weighted by molar-refractivity contribution is 5.90. The quantitative estimate of drug-likeness (QED) is 0.0869. The minimum absolute atomic E-state index is 0.0515. The molecule has 2 heterocycles. The standard InChI is InChI=1S/C35H56N4O7/c1-4-6-7-8-9-10-11-12-13-14-15-16-17-18-20-24-36-34(41)43-28-32(46-33-23-26-45-37-33)29-44-35(42)39(30(3)40)27-31-22-19-21-25-38(31)5-2/h19,21-23,25-26,32H,4-18,20,24,27-29H2,1-3H3/p+1/t32-/m1/s1. The van der Waals surface area contributed by atoms with Gasteiger partial charge in [0, 0.05) is 31.7 Å². The molecule has 3 amide bonds. The molecule has 0 fully saturated rings. The number of ether oxygens (including phenoxy) is 3. The molecule has 2 aromatic heterocycles. The summed E-state index contributed by atoms with van der Waals surface area (Å²) in [6.45, 7) is 6.32. The highest BCUT2D eigenvalue weighted by Crippen LogP contribution is 2.14. The summed E-state index contributed by atoms with van der Waals surface area (Å²) in [5.74, 6) is -0.306. The molecule has 0 radical (unpaired) electrons. The fourth-order valence-corrected chi connectivity index (χ4v) is 5.13. The fourth-order valence-electron chi connectivity index (χ4n) is 5.13. The number of nitrogens with zero attached hydrogens (tertiary/aromatic N) is 3. The normalized spacial score (nSPS) is 11.5. The van der Waals surface area contributed by atoms with Crippen LogP contribution in [0.5, 0.6) is 5.88 Å². The summed E-state index contributed by atoms with van der Waals surface area (Å²) in [6.07, 6.45) is 20.2. The first-order chi connectivity index (χ1) is 22.4. The van der Waals surface area contributed by atoms with Crippen molar-refractivity contribution in [1.82, 2.24) is 15.4 Å².